The molecular weight excluding hydrogens is 662 g/mol. The minimum atomic E-state index is -1.03. The number of hydrogen-bond donors (Lipinski definition) is 5. The van der Waals surface area contributed by atoms with E-state index >= 15 is 0 Å². The van der Waals surface area contributed by atoms with Crippen LogP contribution in [0.3, 0.4) is 0 Å². The molecule has 1 fully saturated rings. The minimum Gasteiger partial charge on any atom is -0.439 e. The van der Waals surface area contributed by atoms with Gasteiger partial charge in [0.1, 0.15) is 12.1 Å². The first-order valence-electron chi connectivity index (χ1n) is 16.9. The molecule has 0 radical (unpaired) electrons. The summed E-state index contributed by atoms with van der Waals surface area (Å²) in [7, 11) is 2.87. The maximum Gasteiger partial charge on any atom is 0.405 e. The Morgan fingerprint density at radius 3 is 2.39 bits per heavy atom. The highest BCUT2D eigenvalue weighted by Gasteiger charge is 2.39. The number of imide groups is 1. The Bertz CT molecular complexity index is 1540. The van der Waals surface area contributed by atoms with Crippen molar-refractivity contribution in [1.29, 1.82) is 0 Å². The molecule has 15 nitrogen and oxygen atoms in total. The molecule has 6 N–H and O–H groups in total. The second-order valence-electron chi connectivity index (χ2n) is 13.5. The van der Waals surface area contributed by atoms with Crippen LogP contribution in [0.25, 0.3) is 0 Å². The Labute approximate surface area is 298 Å². The van der Waals surface area contributed by atoms with Gasteiger partial charge in [-0.15, -0.1) is 0 Å². The number of carbonyl (C=O) groups excluding carboxylic acids is 6. The number of rotatable bonds is 8. The highest BCUT2D eigenvalue weighted by Crippen LogP contribution is 2.29. The maximum atomic E-state index is 13.9. The fraction of sp³-hybridized carbons (Fsp3) is 0.556. The summed E-state index contributed by atoms with van der Waals surface area (Å²) in [5.41, 5.74) is 5.98. The number of primary amides is 1. The van der Waals surface area contributed by atoms with Crippen LogP contribution in [0.1, 0.15) is 54.4 Å². The number of hydrogen-bond acceptors (Lipinski definition) is 11. The number of ketones is 2. The zero-order valence-corrected chi connectivity index (χ0v) is 30.5. The number of ether oxygens (including phenoxy) is 3. The summed E-state index contributed by atoms with van der Waals surface area (Å²) in [6, 6.07) is -1.19. The Morgan fingerprint density at radius 2 is 1.80 bits per heavy atom. The molecule has 7 atom stereocenters. The number of Topliss-reactive ketones (excluding diaryl/α,β-unsaturated/α-hetero) is 1. The summed E-state index contributed by atoms with van der Waals surface area (Å²) in [5.74, 6) is -3.10. The molecule has 0 aromatic rings. The van der Waals surface area contributed by atoms with Crippen molar-refractivity contribution in [2.75, 3.05) is 27.3 Å². The molecule has 0 aromatic heterocycles. The third-order valence-corrected chi connectivity index (χ3v) is 9.15. The van der Waals surface area contributed by atoms with Crippen LogP contribution in [-0.4, -0.2) is 103 Å². The molecule has 0 unspecified atom stereocenters. The molecule has 1 aliphatic carbocycles. The molecular formula is C36H51N5O10. The van der Waals surface area contributed by atoms with Crippen molar-refractivity contribution >= 4 is 35.5 Å². The van der Waals surface area contributed by atoms with Crippen molar-refractivity contribution in [3.05, 3.63) is 58.5 Å². The zero-order valence-electron chi connectivity index (χ0n) is 30.5. The molecule has 0 spiro atoms. The third-order valence-electron chi connectivity index (χ3n) is 9.15. The molecule has 2 heterocycles. The molecule has 0 aromatic carbocycles. The number of allylic oxidation sites excluding steroid dienone is 4. The van der Waals surface area contributed by atoms with E-state index in [4.69, 9.17) is 19.9 Å². The Morgan fingerprint density at radius 1 is 1.12 bits per heavy atom. The van der Waals surface area contributed by atoms with Crippen LogP contribution in [0.2, 0.25) is 0 Å². The normalized spacial score (nSPS) is 31.3. The van der Waals surface area contributed by atoms with Gasteiger partial charge in [-0.1, -0.05) is 52.0 Å². The fourth-order valence-electron chi connectivity index (χ4n) is 6.28. The quantitative estimate of drug-likeness (QED) is 0.139. The summed E-state index contributed by atoms with van der Waals surface area (Å²) in [6.45, 7) is 10.4. The highest BCUT2D eigenvalue weighted by molar-refractivity contribution is 6.23. The molecule has 2 bridgehead atoms. The van der Waals surface area contributed by atoms with Crippen molar-refractivity contribution in [2.24, 2.45) is 23.5 Å². The van der Waals surface area contributed by atoms with Gasteiger partial charge >= 0.3 is 12.1 Å². The number of nitrogens with one attached hydrogen (secondary N) is 3. The van der Waals surface area contributed by atoms with Gasteiger partial charge in [-0.25, -0.2) is 9.59 Å². The van der Waals surface area contributed by atoms with Gasteiger partial charge in [0.2, 0.25) is 11.6 Å². The van der Waals surface area contributed by atoms with E-state index in [1.807, 2.05) is 20.8 Å². The molecule has 2 aliphatic heterocycles. The van der Waals surface area contributed by atoms with Crippen LogP contribution in [0.4, 0.5) is 9.59 Å². The van der Waals surface area contributed by atoms with Crippen molar-refractivity contribution in [3.63, 3.8) is 0 Å². The van der Waals surface area contributed by atoms with Crippen LogP contribution in [0.5, 0.6) is 0 Å². The van der Waals surface area contributed by atoms with E-state index in [1.165, 1.54) is 33.3 Å². The number of nitrogens with zero attached hydrogens (tertiary/aromatic N) is 1. The second kappa shape index (κ2) is 18.1. The first kappa shape index (κ1) is 40.8. The summed E-state index contributed by atoms with van der Waals surface area (Å²) >= 11 is 0. The van der Waals surface area contributed by atoms with Crippen LogP contribution < -0.4 is 21.7 Å². The number of aliphatic hydroxyl groups is 1. The molecule has 0 saturated carbocycles. The topological polar surface area (TPSA) is 216 Å². The van der Waals surface area contributed by atoms with Gasteiger partial charge < -0.3 is 41.0 Å². The SMILES string of the molecule is CO[C@H]1/C=C/C=C(/C)C(=O)NC2=CC(=O)C(NCCN3C(=O)N[C@@H](C(C)C)C3=O)=C(C[C@@H](C)C[C@H](OC)[C@H](O)[C@@H](C)/C=C(\C)[C@@H]1OC(N)=O)C2=O. The van der Waals surface area contributed by atoms with Gasteiger partial charge in [-0.3, -0.25) is 24.1 Å². The molecule has 51 heavy (non-hydrogen) atoms. The number of fused-ring (bicyclic) bond motifs is 2. The lowest BCUT2D eigenvalue weighted by Crippen LogP contribution is -2.40. The molecule has 280 valence electrons. The van der Waals surface area contributed by atoms with Crippen LogP contribution >= 0.6 is 0 Å². The van der Waals surface area contributed by atoms with E-state index in [1.54, 1.807) is 26.0 Å². The van der Waals surface area contributed by atoms with Gasteiger partial charge in [0, 0.05) is 50.4 Å². The fourth-order valence-corrected chi connectivity index (χ4v) is 6.28. The van der Waals surface area contributed by atoms with Crippen LogP contribution in [0.15, 0.2) is 58.5 Å². The molecule has 15 heteroatoms. The van der Waals surface area contributed by atoms with Crippen molar-refractivity contribution < 1.29 is 48.1 Å². The summed E-state index contributed by atoms with van der Waals surface area (Å²) < 4.78 is 16.6. The lowest BCUT2D eigenvalue weighted by Gasteiger charge is -2.30. The predicted molar refractivity (Wildman–Crippen MR) is 186 cm³/mol. The van der Waals surface area contributed by atoms with E-state index in [0.29, 0.717) is 5.57 Å². The van der Waals surface area contributed by atoms with Gasteiger partial charge in [0.15, 0.2) is 6.10 Å². The predicted octanol–water partition coefficient (Wildman–Crippen LogP) is 1.93. The Kier molecular flexibility index (Phi) is 14.5. The van der Waals surface area contributed by atoms with Gasteiger partial charge in [-0.2, -0.15) is 0 Å². The first-order valence-corrected chi connectivity index (χ1v) is 16.9. The molecule has 5 amide bonds. The lowest BCUT2D eigenvalue weighted by atomic mass is 9.85. The smallest absolute Gasteiger partial charge is 0.405 e. The average molecular weight is 714 g/mol. The largest absolute Gasteiger partial charge is 0.439 e. The lowest BCUT2D eigenvalue weighted by molar-refractivity contribution is -0.128. The summed E-state index contributed by atoms with van der Waals surface area (Å²) in [5, 5.41) is 19.5. The highest BCUT2D eigenvalue weighted by atomic mass is 16.6. The van der Waals surface area contributed by atoms with Gasteiger partial charge in [0.05, 0.1) is 23.6 Å². The van der Waals surface area contributed by atoms with Crippen molar-refractivity contribution in [3.8, 4) is 0 Å². The van der Waals surface area contributed by atoms with Gasteiger partial charge in [0.25, 0.3) is 11.8 Å². The van der Waals surface area contributed by atoms with Crippen molar-refractivity contribution in [2.45, 2.75) is 84.8 Å². The number of aliphatic hydroxyl groups excluding tert-OH is 1. The summed E-state index contributed by atoms with van der Waals surface area (Å²) in [4.78, 5) is 78.7. The Balaban J connectivity index is 2.00. The number of amides is 5. The zero-order chi connectivity index (χ0) is 38.2. The number of carbonyl (C=O) groups is 6. The minimum absolute atomic E-state index is 0.00839. The number of urea groups is 1. The van der Waals surface area contributed by atoms with Crippen molar-refractivity contribution in [1.82, 2.24) is 20.9 Å². The van der Waals surface area contributed by atoms with E-state index in [0.717, 1.165) is 11.0 Å². The molecule has 3 rings (SSSR count). The molecule has 1 saturated heterocycles. The van der Waals surface area contributed by atoms with Gasteiger partial charge in [-0.05, 0) is 44.1 Å². The maximum absolute atomic E-state index is 13.9. The first-order chi connectivity index (χ1) is 24.0. The second-order valence-corrected chi connectivity index (χ2v) is 13.5. The van der Waals surface area contributed by atoms with Crippen LogP contribution in [-0.2, 0) is 33.4 Å². The number of nitrogens with two attached hydrogens (primary N) is 1. The van der Waals surface area contributed by atoms with E-state index in [9.17, 15) is 33.9 Å². The Hall–Kier alpha value is -4.60. The van der Waals surface area contributed by atoms with E-state index < -0.39 is 66.0 Å². The van der Waals surface area contributed by atoms with E-state index in [2.05, 4.69) is 16.0 Å². The number of methoxy groups -OCH3 is 2. The molecule has 3 aliphatic rings. The standard InChI is InChI=1S/C36H51N5O10/c1-18(2)28-34(46)41(36(48)40-28)13-12-38-29-23-14-19(3)15-27(50-8)30(43)21(5)16-22(6)32(51-35(37)47)26(49-7)11-9-10-20(4)33(45)39-24(31(23)44)17-25(29)42/h9-11,16-19,21,26-28,30,32,38,43H,12-15H2,1-8H3,(H2,37,47)(H,39,45)(H,40,48)/b11-9+,20-10-,22-16+/t19-,21+,26+,27+,28+,30-,32+/m1/s1. The monoisotopic (exact) mass is 713 g/mol. The third kappa shape index (κ3) is 10.2. The van der Waals surface area contributed by atoms with E-state index in [-0.39, 0.29) is 66.2 Å². The van der Waals surface area contributed by atoms with Crippen LogP contribution in [0, 0.1) is 17.8 Å². The average Bonchev–Trinajstić information content (AvgIpc) is 3.35. The summed E-state index contributed by atoms with van der Waals surface area (Å²) in [6.07, 6.45) is 3.10.